The largest absolute Gasteiger partial charge is 0.244 e. The van der Waals surface area contributed by atoms with Gasteiger partial charge in [-0.05, 0) is 27.1 Å². The van der Waals surface area contributed by atoms with Crippen molar-refractivity contribution in [2.75, 3.05) is 0 Å². The van der Waals surface area contributed by atoms with Crippen LogP contribution in [0, 0.1) is 0 Å². The lowest BCUT2D eigenvalue weighted by atomic mass is 10.0. The first-order valence-corrected chi connectivity index (χ1v) is 6.98. The van der Waals surface area contributed by atoms with Crippen molar-refractivity contribution in [3.8, 4) is 0 Å². The van der Waals surface area contributed by atoms with E-state index >= 15 is 0 Å². The molecule has 0 saturated carbocycles. The molecule has 3 heterocycles. The Bertz CT molecular complexity index is 1110. The zero-order valence-electron chi connectivity index (χ0n) is 10.1. The zero-order valence-corrected chi connectivity index (χ0v) is 10.9. The van der Waals surface area contributed by atoms with Gasteiger partial charge >= 0.3 is 0 Å². The third-order valence-electron chi connectivity index (χ3n) is 3.47. The fourth-order valence-electron chi connectivity index (χ4n) is 2.61. The van der Waals surface area contributed by atoms with Crippen molar-refractivity contribution in [3.63, 3.8) is 0 Å². The van der Waals surface area contributed by atoms with Crippen molar-refractivity contribution in [1.29, 1.82) is 0 Å². The summed E-state index contributed by atoms with van der Waals surface area (Å²) in [7, 11) is 0. The fourth-order valence-corrected chi connectivity index (χ4v) is 3.51. The molecule has 2 aromatic carbocycles. The number of nitrogens with zero attached hydrogens (tertiary/aromatic N) is 4. The fraction of sp³-hybridized carbons (Fsp3) is 0. The third-order valence-corrected chi connectivity index (χ3v) is 4.39. The normalized spacial score (nSPS) is 12.0. The number of rotatable bonds is 0. The van der Waals surface area contributed by atoms with Crippen molar-refractivity contribution in [3.05, 3.63) is 35.7 Å². The minimum absolute atomic E-state index is 0.443. The van der Waals surface area contributed by atoms with E-state index in [0.717, 1.165) is 21.1 Å². The molecule has 0 aliphatic rings. The molecule has 0 spiro atoms. The van der Waals surface area contributed by atoms with Crippen LogP contribution in [0.15, 0.2) is 40.3 Å². The molecule has 6 heteroatoms. The molecule has 0 fully saturated rings. The maximum Gasteiger partial charge on any atom is 0.244 e. The number of thiophene rings is 1. The van der Waals surface area contributed by atoms with Gasteiger partial charge in [0.25, 0.3) is 0 Å². The molecular weight excluding hydrogens is 272 g/mol. The van der Waals surface area contributed by atoms with Gasteiger partial charge in [-0.15, -0.1) is 11.3 Å². The van der Waals surface area contributed by atoms with Crippen molar-refractivity contribution in [2.45, 2.75) is 0 Å². The summed E-state index contributed by atoms with van der Waals surface area (Å²) in [5.41, 5.74) is 2.59. The van der Waals surface area contributed by atoms with Crippen LogP contribution in [-0.2, 0) is 0 Å². The van der Waals surface area contributed by atoms with Gasteiger partial charge < -0.3 is 0 Å². The van der Waals surface area contributed by atoms with Crippen LogP contribution in [0.4, 0.5) is 0 Å². The maximum atomic E-state index is 4.72. The Kier molecular flexibility index (Phi) is 1.78. The third kappa shape index (κ3) is 1.16. The number of aromatic nitrogens is 4. The van der Waals surface area contributed by atoms with E-state index in [4.69, 9.17) is 4.63 Å². The highest BCUT2D eigenvalue weighted by molar-refractivity contribution is 7.18. The molecule has 0 aliphatic heterocycles. The van der Waals surface area contributed by atoms with Crippen LogP contribution in [0.2, 0.25) is 0 Å². The van der Waals surface area contributed by atoms with E-state index in [1.165, 1.54) is 10.8 Å². The van der Waals surface area contributed by atoms with Gasteiger partial charge in [-0.1, -0.05) is 24.3 Å². The van der Waals surface area contributed by atoms with E-state index in [1.54, 1.807) is 11.3 Å². The molecule has 5 nitrogen and oxygen atoms in total. The molecule has 3 aromatic heterocycles. The molecule has 0 aliphatic carbocycles. The van der Waals surface area contributed by atoms with Gasteiger partial charge in [0.05, 0.1) is 4.70 Å². The average Bonchev–Trinajstić information content (AvgIpc) is 3.14. The number of hydrogen-bond donors (Lipinski definition) is 0. The minimum atomic E-state index is 0.443. The number of fused-ring (bicyclic) bond motifs is 7. The van der Waals surface area contributed by atoms with Crippen molar-refractivity contribution in [1.82, 2.24) is 20.3 Å². The quantitative estimate of drug-likeness (QED) is 0.405. The molecule has 20 heavy (non-hydrogen) atoms. The summed E-state index contributed by atoms with van der Waals surface area (Å²) in [5.74, 6) is 0. The second-order valence-electron chi connectivity index (χ2n) is 4.54. The first-order valence-electron chi connectivity index (χ1n) is 6.10. The predicted octanol–water partition coefficient (Wildman–Crippen LogP) is 3.53. The second kappa shape index (κ2) is 3.49. The summed E-state index contributed by atoms with van der Waals surface area (Å²) in [5, 5.41) is 13.1. The standard InChI is InChI=1S/C14H6N4OS/c1-2-4-8-7(3-1)9-5-6-20-12(9)11-10(8)15-13-14(16-11)18-19-17-13/h1-6H. The van der Waals surface area contributed by atoms with E-state index in [1.807, 2.05) is 12.1 Å². The Balaban J connectivity index is 2.21. The molecule has 0 N–H and O–H groups in total. The van der Waals surface area contributed by atoms with Crippen molar-refractivity contribution in [2.24, 2.45) is 0 Å². The van der Waals surface area contributed by atoms with E-state index < -0.39 is 0 Å². The number of benzene rings is 2. The van der Waals surface area contributed by atoms with Crippen molar-refractivity contribution < 1.29 is 4.63 Å². The van der Waals surface area contributed by atoms with Crippen molar-refractivity contribution >= 4 is 54.5 Å². The zero-order chi connectivity index (χ0) is 13.1. The molecule has 0 amide bonds. The van der Waals surface area contributed by atoms with Crippen LogP contribution in [0.25, 0.3) is 43.2 Å². The molecule has 5 rings (SSSR count). The lowest BCUT2D eigenvalue weighted by Crippen LogP contribution is -1.89. The summed E-state index contributed by atoms with van der Waals surface area (Å²) in [6.45, 7) is 0. The Hall–Kier alpha value is -2.60. The average molecular weight is 278 g/mol. The number of hydrogen-bond acceptors (Lipinski definition) is 6. The summed E-state index contributed by atoms with van der Waals surface area (Å²) in [4.78, 5) is 9.14. The van der Waals surface area contributed by atoms with E-state index in [9.17, 15) is 0 Å². The van der Waals surface area contributed by atoms with Gasteiger partial charge in [-0.3, -0.25) is 0 Å². The summed E-state index contributed by atoms with van der Waals surface area (Å²) < 4.78 is 5.84. The Morgan fingerprint density at radius 2 is 1.55 bits per heavy atom. The second-order valence-corrected chi connectivity index (χ2v) is 5.46. The van der Waals surface area contributed by atoms with Crippen LogP contribution in [-0.4, -0.2) is 20.3 Å². The molecule has 94 valence electrons. The van der Waals surface area contributed by atoms with Gasteiger partial charge in [0.2, 0.25) is 11.3 Å². The molecule has 0 radical (unpaired) electrons. The molecular formula is C14H6N4OS. The lowest BCUT2D eigenvalue weighted by molar-refractivity contribution is 0.314. The van der Waals surface area contributed by atoms with Gasteiger partial charge in [-0.2, -0.15) is 0 Å². The Morgan fingerprint density at radius 1 is 0.800 bits per heavy atom. The van der Waals surface area contributed by atoms with E-state index in [-0.39, 0.29) is 0 Å². The lowest BCUT2D eigenvalue weighted by Gasteiger charge is -2.04. The van der Waals surface area contributed by atoms with E-state index in [0.29, 0.717) is 11.3 Å². The van der Waals surface area contributed by atoms with Crippen LogP contribution in [0.1, 0.15) is 0 Å². The molecule has 0 bridgehead atoms. The molecule has 0 atom stereocenters. The highest BCUT2D eigenvalue weighted by atomic mass is 32.1. The smallest absolute Gasteiger partial charge is 0.240 e. The SMILES string of the molecule is c1ccc2c(c1)c1ccsc1c1nc3nonc3nc21. The van der Waals surface area contributed by atoms with Crippen LogP contribution in [0.5, 0.6) is 0 Å². The maximum absolute atomic E-state index is 4.72. The van der Waals surface area contributed by atoms with Gasteiger partial charge in [0.15, 0.2) is 0 Å². The molecule has 5 aromatic rings. The van der Waals surface area contributed by atoms with Gasteiger partial charge in [-0.25, -0.2) is 14.6 Å². The predicted molar refractivity (Wildman–Crippen MR) is 77.8 cm³/mol. The Morgan fingerprint density at radius 3 is 2.40 bits per heavy atom. The van der Waals surface area contributed by atoms with Crippen LogP contribution >= 0.6 is 11.3 Å². The minimum Gasteiger partial charge on any atom is -0.240 e. The molecule has 0 saturated heterocycles. The monoisotopic (exact) mass is 278 g/mol. The van der Waals surface area contributed by atoms with E-state index in [2.05, 4.69) is 43.9 Å². The first-order chi connectivity index (χ1) is 9.92. The summed E-state index contributed by atoms with van der Waals surface area (Å²) >= 11 is 1.66. The molecule has 0 unspecified atom stereocenters. The van der Waals surface area contributed by atoms with Gasteiger partial charge in [0.1, 0.15) is 11.0 Å². The topological polar surface area (TPSA) is 64.7 Å². The van der Waals surface area contributed by atoms with Gasteiger partial charge in [0, 0.05) is 10.8 Å². The highest BCUT2D eigenvalue weighted by Crippen LogP contribution is 2.36. The summed E-state index contributed by atoms with van der Waals surface area (Å²) in [6.07, 6.45) is 0. The highest BCUT2D eigenvalue weighted by Gasteiger charge is 2.14. The Labute approximate surface area is 115 Å². The first kappa shape index (κ1) is 10.2. The van der Waals surface area contributed by atoms with Crippen LogP contribution in [0.3, 0.4) is 0 Å². The summed E-state index contributed by atoms with van der Waals surface area (Å²) in [6, 6.07) is 10.3. The van der Waals surface area contributed by atoms with Crippen LogP contribution < -0.4 is 0 Å².